The van der Waals surface area contributed by atoms with Gasteiger partial charge in [0, 0.05) is 12.5 Å². The predicted octanol–water partition coefficient (Wildman–Crippen LogP) is 5.95. The minimum atomic E-state index is -0.569. The molecule has 0 heterocycles. The fraction of sp³-hybridized carbons (Fsp3) is 0.806. The molecule has 0 unspecified atom stereocenters. The van der Waals surface area contributed by atoms with E-state index in [1.165, 1.54) is 32.1 Å². The molecular weight excluding hydrogens is 436 g/mol. The summed E-state index contributed by atoms with van der Waals surface area (Å²) in [4.78, 5) is 0. The first-order chi connectivity index (χ1) is 16.5. The third-order valence-electron chi connectivity index (χ3n) is 9.86. The maximum absolute atomic E-state index is 10.8. The highest BCUT2D eigenvalue weighted by Gasteiger charge is 2.50. The number of hydrogen-bond acceptors (Lipinski definition) is 4. The third-order valence-corrected chi connectivity index (χ3v) is 9.86. The van der Waals surface area contributed by atoms with Crippen LogP contribution in [0.5, 0.6) is 0 Å². The maximum Gasteiger partial charge on any atom is 0.0615 e. The fourth-order valence-corrected chi connectivity index (χ4v) is 7.89. The Kier molecular flexibility index (Phi) is 9.87. The van der Waals surface area contributed by atoms with Crippen molar-refractivity contribution in [3.8, 4) is 0 Å². The largest absolute Gasteiger partial charge is 0.396 e. The Bertz CT molecular complexity index is 775. The van der Waals surface area contributed by atoms with Gasteiger partial charge in [0.2, 0.25) is 0 Å². The average molecular weight is 489 g/mol. The average Bonchev–Trinajstić information content (AvgIpc) is 3.15. The molecule has 3 aliphatic carbocycles. The molecule has 0 aliphatic heterocycles. The molecule has 0 bridgehead atoms. The highest BCUT2D eigenvalue weighted by Crippen LogP contribution is 2.60. The van der Waals surface area contributed by atoms with Crippen LogP contribution in [0.4, 0.5) is 0 Å². The molecule has 4 nitrogen and oxygen atoms in total. The van der Waals surface area contributed by atoms with Crippen LogP contribution in [0, 0.1) is 35.0 Å². The zero-order chi connectivity index (χ0) is 25.8. The van der Waals surface area contributed by atoms with Crippen LogP contribution < -0.4 is 0 Å². The molecule has 3 aliphatic rings. The Labute approximate surface area is 214 Å². The number of hydrogen-bond donors (Lipinski definition) is 4. The van der Waals surface area contributed by atoms with Gasteiger partial charge in [0.1, 0.15) is 0 Å². The van der Waals surface area contributed by atoms with Crippen molar-refractivity contribution in [2.24, 2.45) is 35.0 Å². The molecule has 200 valence electrons. The van der Waals surface area contributed by atoms with Crippen LogP contribution in [0.25, 0.3) is 0 Å². The molecule has 0 aromatic heterocycles. The summed E-state index contributed by atoms with van der Waals surface area (Å²) in [5.74, 6) is 1.88. The SMILES string of the molecule is C=C1/C(=C\C=C2/CCC[C@]3(C)[C@@H]([C@H](C)CCCC(C)(C)O)CC[C@@H]23)C[C@@H](O)[C@H](CCCO)[C@H]1CO. The summed E-state index contributed by atoms with van der Waals surface area (Å²) in [6.07, 6.45) is 15.4. The highest BCUT2D eigenvalue weighted by atomic mass is 16.3. The van der Waals surface area contributed by atoms with Gasteiger partial charge in [-0.25, -0.2) is 0 Å². The van der Waals surface area contributed by atoms with Gasteiger partial charge in [-0.05, 0) is 112 Å². The van der Waals surface area contributed by atoms with Gasteiger partial charge in [0.15, 0.2) is 0 Å². The molecule has 0 radical (unpaired) electrons. The van der Waals surface area contributed by atoms with Crippen molar-refractivity contribution in [3.63, 3.8) is 0 Å². The van der Waals surface area contributed by atoms with Crippen LogP contribution in [0.3, 0.4) is 0 Å². The maximum atomic E-state index is 10.8. The van der Waals surface area contributed by atoms with Gasteiger partial charge in [0.05, 0.1) is 18.3 Å². The smallest absolute Gasteiger partial charge is 0.0615 e. The second-order valence-electron chi connectivity index (χ2n) is 12.8. The fourth-order valence-electron chi connectivity index (χ4n) is 7.89. The van der Waals surface area contributed by atoms with Crippen LogP contribution in [0.1, 0.15) is 98.3 Å². The summed E-state index contributed by atoms with van der Waals surface area (Å²) in [7, 11) is 0. The lowest BCUT2D eigenvalue weighted by Crippen LogP contribution is -2.37. The monoisotopic (exact) mass is 488 g/mol. The Morgan fingerprint density at radius 2 is 1.91 bits per heavy atom. The first-order valence-corrected chi connectivity index (χ1v) is 14.2. The van der Waals surface area contributed by atoms with Gasteiger partial charge < -0.3 is 20.4 Å². The zero-order valence-electron chi connectivity index (χ0n) is 22.8. The van der Waals surface area contributed by atoms with Crippen molar-refractivity contribution in [3.05, 3.63) is 35.5 Å². The van der Waals surface area contributed by atoms with Crippen LogP contribution in [0.2, 0.25) is 0 Å². The minimum absolute atomic E-state index is 0.00632. The minimum Gasteiger partial charge on any atom is -0.396 e. The van der Waals surface area contributed by atoms with E-state index in [0.29, 0.717) is 36.5 Å². The number of aliphatic hydroxyl groups is 4. The molecule has 0 aromatic rings. The molecule has 35 heavy (non-hydrogen) atoms. The van der Waals surface area contributed by atoms with E-state index in [9.17, 15) is 20.4 Å². The quantitative estimate of drug-likeness (QED) is 0.306. The molecule has 0 spiro atoms. The first kappa shape index (κ1) is 28.6. The van der Waals surface area contributed by atoms with E-state index in [0.717, 1.165) is 36.3 Å². The Morgan fingerprint density at radius 3 is 2.57 bits per heavy atom. The van der Waals surface area contributed by atoms with Crippen molar-refractivity contribution < 1.29 is 20.4 Å². The Hall–Kier alpha value is -0.940. The number of rotatable bonds is 10. The van der Waals surface area contributed by atoms with Gasteiger partial charge in [-0.3, -0.25) is 0 Å². The summed E-state index contributed by atoms with van der Waals surface area (Å²) in [6, 6.07) is 0. The van der Waals surface area contributed by atoms with Gasteiger partial charge in [-0.1, -0.05) is 51.0 Å². The summed E-state index contributed by atoms with van der Waals surface area (Å²) >= 11 is 0. The molecule has 3 saturated carbocycles. The third kappa shape index (κ3) is 6.69. The van der Waals surface area contributed by atoms with Gasteiger partial charge >= 0.3 is 0 Å². The molecule has 0 saturated heterocycles. The molecule has 4 N–H and O–H groups in total. The van der Waals surface area contributed by atoms with E-state index in [-0.39, 0.29) is 25.0 Å². The van der Waals surface area contributed by atoms with Crippen LogP contribution in [0.15, 0.2) is 35.5 Å². The predicted molar refractivity (Wildman–Crippen MR) is 144 cm³/mol. The van der Waals surface area contributed by atoms with E-state index in [4.69, 9.17) is 0 Å². The summed E-state index contributed by atoms with van der Waals surface area (Å²) in [6.45, 7) is 13.2. The van der Waals surface area contributed by atoms with Crippen molar-refractivity contribution >= 4 is 0 Å². The van der Waals surface area contributed by atoms with E-state index >= 15 is 0 Å². The van der Waals surface area contributed by atoms with Crippen molar-refractivity contribution in [2.45, 2.75) is 110 Å². The van der Waals surface area contributed by atoms with Crippen LogP contribution in [-0.2, 0) is 0 Å². The summed E-state index contributed by atoms with van der Waals surface area (Å²) in [5.41, 5.74) is 3.37. The standard InChI is InChI=1S/C31H52O4/c1-21(9-6-16-30(3,4)35)27-14-15-28-23(10-7-17-31(27,28)5)12-13-24-19-29(34)25(11-8-18-32)26(20-33)22(24)2/h12-13,21,25-29,32-35H,2,6-11,14-20H2,1,3-5H3/b23-12+,24-13-/t21-,25-,26+,27-,28+,29-,31-/m1/s1. The van der Waals surface area contributed by atoms with E-state index in [2.05, 4.69) is 32.6 Å². The lowest BCUT2D eigenvalue weighted by Gasteiger charge is -2.44. The molecule has 0 amide bonds. The molecule has 0 aromatic carbocycles. The lowest BCUT2D eigenvalue weighted by atomic mass is 9.60. The van der Waals surface area contributed by atoms with E-state index in [1.807, 2.05) is 13.8 Å². The van der Waals surface area contributed by atoms with Gasteiger partial charge in [-0.2, -0.15) is 0 Å². The first-order valence-electron chi connectivity index (χ1n) is 14.2. The van der Waals surface area contributed by atoms with E-state index < -0.39 is 11.7 Å². The molecular formula is C31H52O4. The number of fused-ring (bicyclic) bond motifs is 1. The summed E-state index contributed by atoms with van der Waals surface area (Å²) < 4.78 is 0. The van der Waals surface area contributed by atoms with Crippen LogP contribution >= 0.6 is 0 Å². The molecule has 4 heteroatoms. The topological polar surface area (TPSA) is 80.9 Å². The normalized spacial score (nSPS) is 37.1. The van der Waals surface area contributed by atoms with Gasteiger partial charge in [0.25, 0.3) is 0 Å². The lowest BCUT2D eigenvalue weighted by molar-refractivity contribution is 0.0408. The van der Waals surface area contributed by atoms with Crippen molar-refractivity contribution in [1.82, 2.24) is 0 Å². The highest BCUT2D eigenvalue weighted by molar-refractivity contribution is 5.39. The Balaban J connectivity index is 1.71. The zero-order valence-corrected chi connectivity index (χ0v) is 22.8. The molecule has 3 rings (SSSR count). The van der Waals surface area contributed by atoms with Crippen LogP contribution in [-0.4, -0.2) is 45.3 Å². The Morgan fingerprint density at radius 1 is 1.17 bits per heavy atom. The van der Waals surface area contributed by atoms with Crippen molar-refractivity contribution in [2.75, 3.05) is 13.2 Å². The number of allylic oxidation sites excluding steroid dienone is 3. The molecule has 7 atom stereocenters. The summed E-state index contributed by atoms with van der Waals surface area (Å²) in [5, 5.41) is 40.2. The van der Waals surface area contributed by atoms with Crippen molar-refractivity contribution in [1.29, 1.82) is 0 Å². The van der Waals surface area contributed by atoms with Gasteiger partial charge in [-0.15, -0.1) is 0 Å². The van der Waals surface area contributed by atoms with E-state index in [1.54, 1.807) is 5.57 Å². The second kappa shape index (κ2) is 12.1. The number of aliphatic hydroxyl groups excluding tert-OH is 3. The second-order valence-corrected chi connectivity index (χ2v) is 12.8. The molecule has 3 fully saturated rings.